The van der Waals surface area contributed by atoms with Gasteiger partial charge >= 0.3 is 5.97 Å². The highest BCUT2D eigenvalue weighted by Gasteiger charge is 2.28. The average Bonchev–Trinajstić information content (AvgIpc) is 3.38. The van der Waals surface area contributed by atoms with Crippen LogP contribution >= 0.6 is 11.3 Å². The first-order valence-corrected chi connectivity index (χ1v) is 13.4. The number of aromatic nitrogens is 1. The number of nitrogens with zero attached hydrogens (tertiary/aromatic N) is 2. The van der Waals surface area contributed by atoms with E-state index in [9.17, 15) is 14.9 Å². The highest BCUT2D eigenvalue weighted by Crippen LogP contribution is 2.39. The van der Waals surface area contributed by atoms with Crippen LogP contribution in [0.3, 0.4) is 0 Å². The largest absolute Gasteiger partial charge is 0.494 e. The van der Waals surface area contributed by atoms with Gasteiger partial charge in [0.2, 0.25) is 0 Å². The van der Waals surface area contributed by atoms with Crippen molar-refractivity contribution in [2.45, 2.75) is 53.4 Å². The number of nitrogens with one attached hydrogen (secondary N) is 1. The third kappa shape index (κ3) is 5.47. The standard InChI is InChI=1S/C29H31N3O4S/c1-5-35-23-11-9-10-22(16-23)31-27(33)21(17-30)15-20-14-18(3)32(19(20)4)28-26(29(34)36-6-2)24-12-7-8-13-25(24)37-28/h9-11,14-16H,5-8,12-13H2,1-4H3,(H,31,33)/b21-15+. The summed E-state index contributed by atoms with van der Waals surface area (Å²) in [5.74, 6) is -0.157. The minimum Gasteiger partial charge on any atom is -0.494 e. The van der Waals surface area contributed by atoms with Crippen molar-refractivity contribution < 1.29 is 19.1 Å². The molecular formula is C29H31N3O4S. The Labute approximate surface area is 221 Å². The first-order valence-electron chi connectivity index (χ1n) is 12.5. The minimum atomic E-state index is -0.500. The zero-order valence-corrected chi connectivity index (χ0v) is 22.5. The van der Waals surface area contributed by atoms with Crippen LogP contribution in [0.25, 0.3) is 11.1 Å². The summed E-state index contributed by atoms with van der Waals surface area (Å²) < 4.78 is 13.0. The van der Waals surface area contributed by atoms with E-state index in [4.69, 9.17) is 9.47 Å². The molecule has 8 heteroatoms. The number of ether oxygens (including phenoxy) is 2. The molecule has 0 bridgehead atoms. The van der Waals surface area contributed by atoms with Crippen LogP contribution in [0.2, 0.25) is 0 Å². The van der Waals surface area contributed by atoms with E-state index >= 15 is 0 Å². The van der Waals surface area contributed by atoms with Gasteiger partial charge in [-0.05, 0) is 88.8 Å². The predicted octanol–water partition coefficient (Wildman–Crippen LogP) is 6.16. The fourth-order valence-corrected chi connectivity index (χ4v) is 6.19. The van der Waals surface area contributed by atoms with Crippen LogP contribution in [0.15, 0.2) is 35.9 Å². The molecule has 0 aliphatic heterocycles. The summed E-state index contributed by atoms with van der Waals surface area (Å²) in [5, 5.41) is 13.4. The molecule has 0 saturated heterocycles. The number of nitriles is 1. The fourth-order valence-electron chi connectivity index (χ4n) is 4.70. The number of esters is 1. The molecule has 1 aliphatic carbocycles. The Balaban J connectivity index is 1.70. The molecule has 37 heavy (non-hydrogen) atoms. The van der Waals surface area contributed by atoms with Crippen LogP contribution in [0, 0.1) is 25.2 Å². The summed E-state index contributed by atoms with van der Waals surface area (Å²) >= 11 is 1.63. The summed E-state index contributed by atoms with van der Waals surface area (Å²) in [6.07, 6.45) is 5.59. The molecule has 3 aromatic rings. The number of amides is 1. The predicted molar refractivity (Wildman–Crippen MR) is 146 cm³/mol. The van der Waals surface area contributed by atoms with Crippen LogP contribution in [-0.2, 0) is 22.4 Å². The molecule has 0 fully saturated rings. The Kier molecular flexibility index (Phi) is 8.14. The van der Waals surface area contributed by atoms with Gasteiger partial charge in [0.05, 0.1) is 18.8 Å². The maximum absolute atomic E-state index is 13.0. The van der Waals surface area contributed by atoms with Gasteiger partial charge in [-0.15, -0.1) is 11.3 Å². The maximum atomic E-state index is 13.0. The Bertz CT molecular complexity index is 1410. The van der Waals surface area contributed by atoms with Gasteiger partial charge < -0.3 is 19.4 Å². The normalized spacial score (nSPS) is 13.0. The molecular weight excluding hydrogens is 486 g/mol. The average molecular weight is 518 g/mol. The van der Waals surface area contributed by atoms with E-state index < -0.39 is 5.91 Å². The zero-order valence-electron chi connectivity index (χ0n) is 21.6. The van der Waals surface area contributed by atoms with Crippen molar-refractivity contribution in [2.24, 2.45) is 0 Å². The number of anilines is 1. The topological polar surface area (TPSA) is 93.4 Å². The second-order valence-corrected chi connectivity index (χ2v) is 9.94. The highest BCUT2D eigenvalue weighted by molar-refractivity contribution is 7.15. The Morgan fingerprint density at radius 1 is 1.16 bits per heavy atom. The number of benzene rings is 1. The number of thiophene rings is 1. The monoisotopic (exact) mass is 517 g/mol. The van der Waals surface area contributed by atoms with Gasteiger partial charge in [0, 0.05) is 28.0 Å². The number of carbonyl (C=O) groups is 2. The number of fused-ring (bicyclic) bond motifs is 1. The molecule has 7 nitrogen and oxygen atoms in total. The minimum absolute atomic E-state index is 0.0156. The van der Waals surface area contributed by atoms with Gasteiger partial charge in [0.15, 0.2) is 0 Å². The molecule has 0 atom stereocenters. The van der Waals surface area contributed by atoms with E-state index in [1.54, 1.807) is 35.6 Å². The molecule has 0 spiro atoms. The Morgan fingerprint density at radius 2 is 1.95 bits per heavy atom. The first-order chi connectivity index (χ1) is 17.9. The summed E-state index contributed by atoms with van der Waals surface area (Å²) in [6.45, 7) is 8.43. The number of aryl methyl sites for hydroxylation is 2. The number of hydrogen-bond acceptors (Lipinski definition) is 6. The van der Waals surface area contributed by atoms with Gasteiger partial charge in [-0.1, -0.05) is 6.07 Å². The summed E-state index contributed by atoms with van der Waals surface area (Å²) in [7, 11) is 0. The van der Waals surface area contributed by atoms with E-state index in [0.717, 1.165) is 53.2 Å². The number of rotatable bonds is 8. The first kappa shape index (κ1) is 26.2. The lowest BCUT2D eigenvalue weighted by Gasteiger charge is -2.13. The SMILES string of the molecule is CCOC(=O)c1c(-n2c(C)cc(/C=C(\C#N)C(=O)Nc3cccc(OCC)c3)c2C)sc2c1CCCC2. The lowest BCUT2D eigenvalue weighted by Crippen LogP contribution is -2.13. The molecule has 2 aromatic heterocycles. The highest BCUT2D eigenvalue weighted by atomic mass is 32.1. The van der Waals surface area contributed by atoms with Gasteiger partial charge in [0.1, 0.15) is 22.4 Å². The lowest BCUT2D eigenvalue weighted by atomic mass is 9.95. The number of carbonyl (C=O) groups excluding carboxylic acids is 2. The second-order valence-electron chi connectivity index (χ2n) is 8.86. The lowest BCUT2D eigenvalue weighted by molar-refractivity contribution is -0.112. The van der Waals surface area contributed by atoms with E-state index in [1.807, 2.05) is 50.5 Å². The summed E-state index contributed by atoms with van der Waals surface area (Å²) in [6, 6.07) is 11.0. The molecule has 2 heterocycles. The summed E-state index contributed by atoms with van der Waals surface area (Å²) in [4.78, 5) is 27.2. The zero-order chi connectivity index (χ0) is 26.5. The molecule has 192 valence electrons. The van der Waals surface area contributed by atoms with Gasteiger partial charge in [-0.2, -0.15) is 5.26 Å². The van der Waals surface area contributed by atoms with Crippen molar-refractivity contribution in [1.29, 1.82) is 5.26 Å². The van der Waals surface area contributed by atoms with Crippen molar-refractivity contribution in [3.63, 3.8) is 0 Å². The second kappa shape index (κ2) is 11.5. The van der Waals surface area contributed by atoms with Crippen molar-refractivity contribution in [3.8, 4) is 16.8 Å². The third-order valence-electron chi connectivity index (χ3n) is 6.37. The molecule has 1 aliphatic rings. The molecule has 1 N–H and O–H groups in total. The van der Waals surface area contributed by atoms with Crippen molar-refractivity contribution in [2.75, 3.05) is 18.5 Å². The molecule has 1 amide bonds. The maximum Gasteiger partial charge on any atom is 0.341 e. The van der Waals surface area contributed by atoms with Gasteiger partial charge in [0.25, 0.3) is 5.91 Å². The Hall–Kier alpha value is -3.83. The van der Waals surface area contributed by atoms with E-state index in [-0.39, 0.29) is 11.5 Å². The van der Waals surface area contributed by atoms with E-state index in [2.05, 4.69) is 5.32 Å². The molecule has 0 radical (unpaired) electrons. The molecule has 0 unspecified atom stereocenters. The Morgan fingerprint density at radius 3 is 2.68 bits per heavy atom. The third-order valence-corrected chi connectivity index (χ3v) is 7.65. The van der Waals surface area contributed by atoms with Crippen molar-refractivity contribution in [1.82, 2.24) is 4.57 Å². The number of hydrogen-bond donors (Lipinski definition) is 1. The van der Waals surface area contributed by atoms with E-state index in [1.165, 1.54) is 4.88 Å². The van der Waals surface area contributed by atoms with Crippen LogP contribution in [0.5, 0.6) is 5.75 Å². The molecule has 1 aromatic carbocycles. The van der Waals surface area contributed by atoms with Crippen molar-refractivity contribution >= 4 is 35.0 Å². The smallest absolute Gasteiger partial charge is 0.341 e. The molecule has 0 saturated carbocycles. The molecule has 4 rings (SSSR count). The van der Waals surface area contributed by atoms with Crippen LogP contribution in [-0.4, -0.2) is 29.7 Å². The summed E-state index contributed by atoms with van der Waals surface area (Å²) in [5.41, 5.74) is 4.78. The van der Waals surface area contributed by atoms with E-state index in [0.29, 0.717) is 30.2 Å². The van der Waals surface area contributed by atoms with Crippen LogP contribution in [0.1, 0.15) is 64.4 Å². The van der Waals surface area contributed by atoms with Gasteiger partial charge in [-0.25, -0.2) is 4.79 Å². The van der Waals surface area contributed by atoms with Crippen LogP contribution < -0.4 is 10.1 Å². The quantitative estimate of drug-likeness (QED) is 0.220. The van der Waals surface area contributed by atoms with Crippen molar-refractivity contribution in [3.05, 3.63) is 68.9 Å². The van der Waals surface area contributed by atoms with Gasteiger partial charge in [-0.3, -0.25) is 4.79 Å². The fraction of sp³-hybridized carbons (Fsp3) is 0.345. The van der Waals surface area contributed by atoms with Crippen LogP contribution in [0.4, 0.5) is 5.69 Å².